The van der Waals surface area contributed by atoms with Gasteiger partial charge in [-0.2, -0.15) is 0 Å². The summed E-state index contributed by atoms with van der Waals surface area (Å²) in [4.78, 5) is 10.00. The minimum atomic E-state index is -1.72. The normalized spacial score (nSPS) is 23.5. The molecule has 1 rings (SSSR count). The summed E-state index contributed by atoms with van der Waals surface area (Å²) in [6, 6.07) is 0. The maximum absolute atomic E-state index is 10.00. The van der Waals surface area contributed by atoms with Gasteiger partial charge in [-0.05, 0) is 18.8 Å². The number of carboxylic acid groups (broad SMARTS) is 1. The van der Waals surface area contributed by atoms with E-state index in [9.17, 15) is 4.79 Å². The molecule has 0 saturated heterocycles. The molecule has 1 aliphatic carbocycles. The predicted molar refractivity (Wildman–Crippen MR) is 28.8 cm³/mol. The van der Waals surface area contributed by atoms with Gasteiger partial charge in [-0.1, -0.05) is 0 Å². The molecule has 0 aromatic carbocycles. The predicted octanol–water partition coefficient (Wildman–Crippen LogP) is 0.664. The largest absolute Gasteiger partial charge is 0.465 e. The van der Waals surface area contributed by atoms with Crippen LogP contribution in [0.5, 0.6) is 0 Å². The van der Waals surface area contributed by atoms with Gasteiger partial charge in [-0.3, -0.25) is 0 Å². The lowest BCUT2D eigenvalue weighted by Crippen LogP contribution is -2.22. The average molecular weight is 117 g/mol. The van der Waals surface area contributed by atoms with E-state index in [1.807, 2.05) is 5.32 Å². The van der Waals surface area contributed by atoms with E-state index in [2.05, 4.69) is 0 Å². The quantitative estimate of drug-likeness (QED) is 0.558. The maximum atomic E-state index is 10.00. The second-order valence-electron chi connectivity index (χ2n) is 1.85. The molecule has 1 fully saturated rings. The van der Waals surface area contributed by atoms with Gasteiger partial charge in [0.1, 0.15) is 0 Å². The molecule has 0 spiro atoms. The zero-order chi connectivity index (χ0) is 7.78. The van der Waals surface area contributed by atoms with Crippen LogP contribution >= 0.6 is 0 Å². The zero-order valence-corrected chi connectivity index (χ0v) is 4.35. The van der Waals surface area contributed by atoms with Gasteiger partial charge < -0.3 is 10.4 Å². The van der Waals surface area contributed by atoms with Crippen LogP contribution in [0, 0.1) is 5.92 Å². The van der Waals surface area contributed by atoms with Crippen molar-refractivity contribution in [3.8, 4) is 0 Å². The number of nitrogens with one attached hydrogen (secondary N) is 1. The van der Waals surface area contributed by atoms with Gasteiger partial charge in [0.15, 0.2) is 0 Å². The molecule has 1 aliphatic rings. The summed E-state index contributed by atoms with van der Waals surface area (Å²) in [5, 5.41) is 10.0. The molecule has 1 saturated carbocycles. The molecule has 1 amide bonds. The highest BCUT2D eigenvalue weighted by Gasteiger charge is 2.21. The Morgan fingerprint density at radius 1 is 2.00 bits per heavy atom. The molecule has 0 unspecified atom stereocenters. The van der Waals surface area contributed by atoms with Gasteiger partial charge in [-0.25, -0.2) is 4.79 Å². The van der Waals surface area contributed by atoms with Gasteiger partial charge in [0, 0.05) is 9.24 Å². The van der Waals surface area contributed by atoms with Crippen molar-refractivity contribution in [1.82, 2.24) is 5.32 Å². The number of rotatable bonds is 2. The molecule has 8 heavy (non-hydrogen) atoms. The first kappa shape index (κ1) is 3.33. The number of hydrogen-bond acceptors (Lipinski definition) is 1. The molecule has 2 N–H and O–H groups in total. The molecule has 3 nitrogen and oxygen atoms in total. The molecule has 0 atom stereocenters. The Bertz CT molecular complexity index is 156. The van der Waals surface area contributed by atoms with E-state index in [4.69, 9.17) is 7.85 Å². The van der Waals surface area contributed by atoms with Crippen LogP contribution in [0.1, 0.15) is 15.6 Å². The van der Waals surface area contributed by atoms with Crippen molar-refractivity contribution in [2.75, 3.05) is 6.50 Å². The fraction of sp³-hybridized carbons (Fsp3) is 0.800. The summed E-state index contributed by atoms with van der Waals surface area (Å²) in [5.41, 5.74) is 0. The molecule has 0 bridgehead atoms. The topological polar surface area (TPSA) is 49.3 Å². The fourth-order valence-corrected chi connectivity index (χ4v) is 0.391. The first-order valence-electron chi connectivity index (χ1n) is 3.53. The summed E-state index contributed by atoms with van der Waals surface area (Å²) >= 11 is 0. The van der Waals surface area contributed by atoms with E-state index >= 15 is 0 Å². The third kappa shape index (κ3) is 1.82. The number of hydrogen-bond donors (Lipinski definition) is 2. The van der Waals surface area contributed by atoms with Gasteiger partial charge in [0.25, 0.3) is 0 Å². The van der Waals surface area contributed by atoms with Crippen molar-refractivity contribution in [2.45, 2.75) is 12.8 Å². The molecule has 46 valence electrons. The summed E-state index contributed by atoms with van der Waals surface area (Å²) in [6.45, 7) is -1.72. The third-order valence-corrected chi connectivity index (χ3v) is 0.961. The average Bonchev–Trinajstić information content (AvgIpc) is 2.35. The molecular weight excluding hydrogens is 106 g/mol. The summed E-state index contributed by atoms with van der Waals surface area (Å²) in [7, 11) is 0. The molecule has 0 aromatic rings. The van der Waals surface area contributed by atoms with E-state index in [0.717, 1.165) is 12.8 Å². The Morgan fingerprint density at radius 2 is 2.62 bits per heavy atom. The Morgan fingerprint density at radius 3 is 3.00 bits per heavy atom. The SMILES string of the molecule is [2H]C([2H])(NC(=O)O)C1CC1. The van der Waals surface area contributed by atoms with Crippen LogP contribution < -0.4 is 5.32 Å². The van der Waals surface area contributed by atoms with Gasteiger partial charge in [-0.15, -0.1) is 0 Å². The van der Waals surface area contributed by atoms with Crippen molar-refractivity contribution in [3.63, 3.8) is 0 Å². The lowest BCUT2D eigenvalue weighted by Gasteiger charge is -1.93. The van der Waals surface area contributed by atoms with Crippen molar-refractivity contribution in [2.24, 2.45) is 5.92 Å². The fourth-order valence-electron chi connectivity index (χ4n) is 0.391. The first-order chi connectivity index (χ1) is 4.52. The minimum Gasteiger partial charge on any atom is -0.465 e. The smallest absolute Gasteiger partial charge is 0.404 e. The summed E-state index contributed by atoms with van der Waals surface area (Å²) in [6.07, 6.45) is 0.275. The molecule has 0 radical (unpaired) electrons. The van der Waals surface area contributed by atoms with Crippen LogP contribution in [0.4, 0.5) is 4.79 Å². The maximum Gasteiger partial charge on any atom is 0.404 e. The Kier molecular flexibility index (Phi) is 0.842. The first-order valence-corrected chi connectivity index (χ1v) is 2.53. The minimum absolute atomic E-state index is 0.108. The second kappa shape index (κ2) is 2.03. The Labute approximate surface area is 50.5 Å². The van der Waals surface area contributed by atoms with Gasteiger partial charge >= 0.3 is 6.09 Å². The third-order valence-electron chi connectivity index (χ3n) is 0.961. The van der Waals surface area contributed by atoms with Crippen LogP contribution in [-0.2, 0) is 0 Å². The highest BCUT2D eigenvalue weighted by molar-refractivity contribution is 5.64. The van der Waals surface area contributed by atoms with E-state index in [1.165, 1.54) is 0 Å². The van der Waals surface area contributed by atoms with E-state index < -0.39 is 12.6 Å². The van der Waals surface area contributed by atoms with Crippen molar-refractivity contribution in [1.29, 1.82) is 0 Å². The second-order valence-corrected chi connectivity index (χ2v) is 1.85. The van der Waals surface area contributed by atoms with E-state index in [-0.39, 0.29) is 5.92 Å². The van der Waals surface area contributed by atoms with Crippen molar-refractivity contribution >= 4 is 6.09 Å². The van der Waals surface area contributed by atoms with Crippen LogP contribution in [-0.4, -0.2) is 17.7 Å². The monoisotopic (exact) mass is 117 g/mol. The summed E-state index contributed by atoms with van der Waals surface area (Å²) in [5.74, 6) is -0.108. The standard InChI is InChI=1S/C5H9NO2/c7-5(8)6-3-4-1-2-4/h4,6H,1-3H2,(H,7,8)/i3D2. The van der Waals surface area contributed by atoms with E-state index in [0.29, 0.717) is 0 Å². The van der Waals surface area contributed by atoms with E-state index in [1.54, 1.807) is 0 Å². The van der Waals surface area contributed by atoms with Gasteiger partial charge in [0.2, 0.25) is 0 Å². The van der Waals surface area contributed by atoms with Crippen molar-refractivity contribution in [3.05, 3.63) is 0 Å². The lowest BCUT2D eigenvalue weighted by molar-refractivity contribution is 0.194. The Balaban J connectivity index is 2.41. The van der Waals surface area contributed by atoms with Crippen LogP contribution in [0.3, 0.4) is 0 Å². The molecule has 3 heteroatoms. The van der Waals surface area contributed by atoms with Gasteiger partial charge in [0.05, 0.1) is 0 Å². The van der Waals surface area contributed by atoms with Crippen LogP contribution in [0.15, 0.2) is 0 Å². The number of amides is 1. The van der Waals surface area contributed by atoms with Crippen LogP contribution in [0.25, 0.3) is 0 Å². The van der Waals surface area contributed by atoms with Crippen LogP contribution in [0.2, 0.25) is 0 Å². The lowest BCUT2D eigenvalue weighted by atomic mass is 10.4. The molecule has 0 heterocycles. The zero-order valence-electron chi connectivity index (χ0n) is 6.35. The molecule has 0 aliphatic heterocycles. The highest BCUT2D eigenvalue weighted by Crippen LogP contribution is 2.27. The number of carbonyl (C=O) groups is 1. The highest BCUT2D eigenvalue weighted by atomic mass is 16.4. The molecular formula is C5H9NO2. The van der Waals surface area contributed by atoms with Crippen molar-refractivity contribution < 1.29 is 12.6 Å². The summed E-state index contributed by atoms with van der Waals surface area (Å²) < 4.78 is 14.3. The Hall–Kier alpha value is -0.730. The molecule has 0 aromatic heterocycles.